The molecule has 1 amide bonds. The molecule has 5 heteroatoms. The maximum atomic E-state index is 13.8. The average molecular weight is 358 g/mol. The van der Waals surface area contributed by atoms with Crippen LogP contribution in [0.1, 0.15) is 52.5 Å². The summed E-state index contributed by atoms with van der Waals surface area (Å²) in [7, 11) is 0. The van der Waals surface area contributed by atoms with Crippen LogP contribution >= 0.6 is 0 Å². The van der Waals surface area contributed by atoms with Gasteiger partial charge < -0.3 is 9.64 Å². The van der Waals surface area contributed by atoms with E-state index in [1.54, 1.807) is 23.2 Å². The number of halogens is 1. The van der Waals surface area contributed by atoms with Crippen molar-refractivity contribution >= 4 is 17.0 Å². The van der Waals surface area contributed by atoms with Gasteiger partial charge in [0, 0.05) is 24.7 Å². The molecule has 2 heterocycles. The Morgan fingerprint density at radius 1 is 1.31 bits per heavy atom. The minimum absolute atomic E-state index is 0.157. The standard InChI is InChI=1S/C21H27FN2O2/c1-20(2,3)26-19(25)24-11-9-17(21(4,5)13-24)15-8-10-23-18-7-6-14(22)12-16(15)18/h6-8,10,12,17H,9,11,13H2,1-5H3. The summed E-state index contributed by atoms with van der Waals surface area (Å²) < 4.78 is 19.3. The molecule has 0 radical (unpaired) electrons. The molecule has 0 bridgehead atoms. The predicted molar refractivity (Wildman–Crippen MR) is 101 cm³/mol. The number of carbonyl (C=O) groups is 1. The monoisotopic (exact) mass is 358 g/mol. The fourth-order valence-corrected chi connectivity index (χ4v) is 3.86. The highest BCUT2D eigenvalue weighted by Crippen LogP contribution is 2.44. The third-order valence-corrected chi connectivity index (χ3v) is 4.99. The van der Waals surface area contributed by atoms with Gasteiger partial charge in [0.2, 0.25) is 0 Å². The summed E-state index contributed by atoms with van der Waals surface area (Å²) in [5, 5.41) is 0.858. The van der Waals surface area contributed by atoms with E-state index in [9.17, 15) is 9.18 Å². The van der Waals surface area contributed by atoms with Gasteiger partial charge in [0.05, 0.1) is 5.52 Å². The van der Waals surface area contributed by atoms with Crippen molar-refractivity contribution in [2.45, 2.75) is 52.6 Å². The number of fused-ring (bicyclic) bond motifs is 1. The van der Waals surface area contributed by atoms with Gasteiger partial charge >= 0.3 is 6.09 Å². The topological polar surface area (TPSA) is 42.4 Å². The second-order valence-corrected chi connectivity index (χ2v) is 8.79. The maximum Gasteiger partial charge on any atom is 0.410 e. The Hall–Kier alpha value is -2.17. The van der Waals surface area contributed by atoms with Crippen LogP contribution in [0.2, 0.25) is 0 Å². The molecule has 3 rings (SSSR count). The van der Waals surface area contributed by atoms with Gasteiger partial charge in [0.15, 0.2) is 0 Å². The van der Waals surface area contributed by atoms with Gasteiger partial charge in [-0.3, -0.25) is 4.98 Å². The lowest BCUT2D eigenvalue weighted by atomic mass is 9.70. The van der Waals surface area contributed by atoms with E-state index in [4.69, 9.17) is 4.74 Å². The number of likely N-dealkylation sites (tertiary alicyclic amines) is 1. The highest BCUT2D eigenvalue weighted by molar-refractivity contribution is 5.82. The van der Waals surface area contributed by atoms with Crippen molar-refractivity contribution in [3.05, 3.63) is 41.8 Å². The zero-order chi connectivity index (χ0) is 19.1. The molecule has 1 aromatic carbocycles. The molecule has 1 aliphatic rings. The summed E-state index contributed by atoms with van der Waals surface area (Å²) in [4.78, 5) is 18.6. The lowest BCUT2D eigenvalue weighted by Gasteiger charge is -2.44. The van der Waals surface area contributed by atoms with Gasteiger partial charge in [0.25, 0.3) is 0 Å². The van der Waals surface area contributed by atoms with E-state index < -0.39 is 5.60 Å². The summed E-state index contributed by atoms with van der Waals surface area (Å²) in [5.41, 5.74) is 1.24. The van der Waals surface area contributed by atoms with Crippen LogP contribution in [-0.4, -0.2) is 34.7 Å². The van der Waals surface area contributed by atoms with Crippen LogP contribution in [0.4, 0.5) is 9.18 Å². The molecule has 1 aliphatic heterocycles. The lowest BCUT2D eigenvalue weighted by molar-refractivity contribution is 0.00489. The summed E-state index contributed by atoms with van der Waals surface area (Å²) in [6, 6.07) is 6.71. The number of piperidine rings is 1. The number of rotatable bonds is 1. The van der Waals surface area contributed by atoms with Gasteiger partial charge in [0.1, 0.15) is 11.4 Å². The van der Waals surface area contributed by atoms with Crippen LogP contribution in [0.3, 0.4) is 0 Å². The van der Waals surface area contributed by atoms with Crippen LogP contribution in [-0.2, 0) is 4.74 Å². The van der Waals surface area contributed by atoms with Crippen molar-refractivity contribution in [2.24, 2.45) is 5.41 Å². The van der Waals surface area contributed by atoms with E-state index >= 15 is 0 Å². The minimum atomic E-state index is -0.503. The average Bonchev–Trinajstić information content (AvgIpc) is 2.52. The first-order valence-corrected chi connectivity index (χ1v) is 9.09. The molecule has 4 nitrogen and oxygen atoms in total. The van der Waals surface area contributed by atoms with Gasteiger partial charge in [-0.1, -0.05) is 13.8 Å². The first-order chi connectivity index (χ1) is 12.1. The Balaban J connectivity index is 1.88. The van der Waals surface area contributed by atoms with Crippen LogP contribution in [0, 0.1) is 11.2 Å². The molecule has 2 aromatic rings. The highest BCUT2D eigenvalue weighted by atomic mass is 19.1. The fraction of sp³-hybridized carbons (Fsp3) is 0.524. The van der Waals surface area contributed by atoms with E-state index in [1.807, 2.05) is 26.8 Å². The van der Waals surface area contributed by atoms with Crippen molar-refractivity contribution in [3.8, 4) is 0 Å². The van der Waals surface area contributed by atoms with Crippen LogP contribution in [0.15, 0.2) is 30.5 Å². The Morgan fingerprint density at radius 3 is 2.69 bits per heavy atom. The third kappa shape index (κ3) is 3.81. The number of carbonyl (C=O) groups excluding carboxylic acids is 1. The van der Waals surface area contributed by atoms with Crippen molar-refractivity contribution in [2.75, 3.05) is 13.1 Å². The Bertz CT molecular complexity index is 826. The number of hydrogen-bond acceptors (Lipinski definition) is 3. The van der Waals surface area contributed by atoms with Gasteiger partial charge in [-0.05, 0) is 68.4 Å². The van der Waals surface area contributed by atoms with Gasteiger partial charge in [-0.25, -0.2) is 9.18 Å². The Morgan fingerprint density at radius 2 is 2.04 bits per heavy atom. The Kier molecular flexibility index (Phi) is 4.67. The summed E-state index contributed by atoms with van der Waals surface area (Å²) in [6.07, 6.45) is 2.32. The number of aromatic nitrogens is 1. The van der Waals surface area contributed by atoms with E-state index in [0.717, 1.165) is 22.9 Å². The molecular formula is C21H27FN2O2. The number of amides is 1. The molecule has 140 valence electrons. The minimum Gasteiger partial charge on any atom is -0.444 e. The largest absolute Gasteiger partial charge is 0.444 e. The molecule has 1 aromatic heterocycles. The fourth-order valence-electron chi connectivity index (χ4n) is 3.86. The van der Waals surface area contributed by atoms with E-state index in [2.05, 4.69) is 18.8 Å². The predicted octanol–water partition coefficient (Wildman–Crippen LogP) is 5.12. The zero-order valence-electron chi connectivity index (χ0n) is 16.2. The number of ether oxygens (including phenoxy) is 1. The molecule has 26 heavy (non-hydrogen) atoms. The summed E-state index contributed by atoms with van der Waals surface area (Å²) in [6.45, 7) is 11.2. The normalized spacial score (nSPS) is 20.2. The molecule has 1 unspecified atom stereocenters. The molecule has 1 atom stereocenters. The molecule has 0 spiro atoms. The van der Waals surface area contributed by atoms with Crippen molar-refractivity contribution < 1.29 is 13.9 Å². The van der Waals surface area contributed by atoms with Crippen LogP contribution in [0.5, 0.6) is 0 Å². The molecule has 0 aliphatic carbocycles. The first-order valence-electron chi connectivity index (χ1n) is 9.09. The number of nitrogens with zero attached hydrogens (tertiary/aromatic N) is 2. The smallest absolute Gasteiger partial charge is 0.410 e. The Labute approximate surface area is 154 Å². The summed E-state index contributed by atoms with van der Waals surface area (Å²) >= 11 is 0. The SMILES string of the molecule is CC(C)(C)OC(=O)N1CCC(c2ccnc3ccc(F)cc23)C(C)(C)C1. The first kappa shape index (κ1) is 18.6. The van der Waals surface area contributed by atoms with Gasteiger partial charge in [-0.2, -0.15) is 0 Å². The molecule has 0 saturated carbocycles. The van der Waals surface area contributed by atoms with Crippen molar-refractivity contribution in [1.29, 1.82) is 0 Å². The van der Waals surface area contributed by atoms with E-state index in [0.29, 0.717) is 13.1 Å². The van der Waals surface area contributed by atoms with Crippen molar-refractivity contribution in [3.63, 3.8) is 0 Å². The molecule has 0 N–H and O–H groups in total. The molecular weight excluding hydrogens is 331 g/mol. The second-order valence-electron chi connectivity index (χ2n) is 8.79. The lowest BCUT2D eigenvalue weighted by Crippen LogP contribution is -2.48. The number of benzene rings is 1. The quantitative estimate of drug-likeness (QED) is 0.710. The van der Waals surface area contributed by atoms with E-state index in [-0.39, 0.29) is 23.2 Å². The zero-order valence-corrected chi connectivity index (χ0v) is 16.2. The van der Waals surface area contributed by atoms with Crippen molar-refractivity contribution in [1.82, 2.24) is 9.88 Å². The van der Waals surface area contributed by atoms with Crippen LogP contribution in [0.25, 0.3) is 10.9 Å². The molecule has 1 fully saturated rings. The maximum absolute atomic E-state index is 13.8. The van der Waals surface area contributed by atoms with E-state index in [1.165, 1.54) is 6.07 Å². The second kappa shape index (κ2) is 6.53. The summed E-state index contributed by atoms with van der Waals surface area (Å²) in [5.74, 6) is -0.0377. The van der Waals surface area contributed by atoms with Gasteiger partial charge in [-0.15, -0.1) is 0 Å². The molecule has 1 saturated heterocycles. The highest BCUT2D eigenvalue weighted by Gasteiger charge is 2.40. The van der Waals surface area contributed by atoms with Crippen LogP contribution < -0.4 is 0 Å². The number of hydrogen-bond donors (Lipinski definition) is 0. The number of pyridine rings is 1. The third-order valence-electron chi connectivity index (χ3n) is 4.99.